The van der Waals surface area contributed by atoms with Crippen LogP contribution in [0.25, 0.3) is 0 Å². The average molecular weight is 464 g/mol. The Morgan fingerprint density at radius 1 is 0.971 bits per heavy atom. The van der Waals surface area contributed by atoms with Crippen LogP contribution in [0.15, 0.2) is 64.2 Å². The average Bonchev–Trinajstić information content (AvgIpc) is 2.85. The van der Waals surface area contributed by atoms with Crippen LogP contribution in [0.4, 0.5) is 11.5 Å². The van der Waals surface area contributed by atoms with Gasteiger partial charge in [-0.05, 0) is 35.7 Å². The molecule has 0 amide bonds. The van der Waals surface area contributed by atoms with Crippen LogP contribution < -0.4 is 26.6 Å². The molecular formula is C26H33N5O3. The van der Waals surface area contributed by atoms with E-state index >= 15 is 0 Å². The normalized spacial score (nSPS) is 15.5. The van der Waals surface area contributed by atoms with Crippen LogP contribution in [0.5, 0.6) is 5.75 Å². The van der Waals surface area contributed by atoms with Crippen LogP contribution in [0.2, 0.25) is 0 Å². The summed E-state index contributed by atoms with van der Waals surface area (Å²) in [5.74, 6) is 1.17. The minimum absolute atomic E-state index is 0.201. The van der Waals surface area contributed by atoms with Crippen LogP contribution in [-0.4, -0.2) is 47.7 Å². The zero-order valence-corrected chi connectivity index (χ0v) is 20.0. The molecule has 1 unspecified atom stereocenters. The molecule has 34 heavy (non-hydrogen) atoms. The van der Waals surface area contributed by atoms with E-state index in [1.54, 1.807) is 7.11 Å². The highest BCUT2D eigenvalue weighted by Gasteiger charge is 2.31. The van der Waals surface area contributed by atoms with E-state index in [9.17, 15) is 9.59 Å². The molecule has 0 saturated carbocycles. The fourth-order valence-corrected chi connectivity index (χ4v) is 4.64. The van der Waals surface area contributed by atoms with E-state index in [0.717, 1.165) is 37.5 Å². The molecule has 2 heterocycles. The number of hydrogen-bond acceptors (Lipinski definition) is 6. The van der Waals surface area contributed by atoms with Crippen molar-refractivity contribution in [2.24, 2.45) is 5.92 Å². The van der Waals surface area contributed by atoms with Crippen molar-refractivity contribution in [3.05, 3.63) is 86.6 Å². The lowest BCUT2D eigenvalue weighted by Gasteiger charge is -2.40. The standard InChI is InChI=1S/C26H33N5O3/c1-18(2)17-31-24(27)22(25(32)28-26(31)33)23(19-9-11-21(34-3)12-10-19)30-15-13-29(14-16-30)20-7-5-4-6-8-20/h4-12,18,23H,13-17,27H2,1-3H3,(H,28,32,33). The summed E-state index contributed by atoms with van der Waals surface area (Å²) >= 11 is 0. The second-order valence-corrected chi connectivity index (χ2v) is 9.10. The van der Waals surface area contributed by atoms with Crippen LogP contribution >= 0.6 is 0 Å². The Hall–Kier alpha value is -3.52. The van der Waals surface area contributed by atoms with Crippen LogP contribution in [-0.2, 0) is 6.54 Å². The molecule has 1 aliphatic heterocycles. The number of hydrogen-bond donors (Lipinski definition) is 2. The number of piperazine rings is 1. The lowest BCUT2D eigenvalue weighted by atomic mass is 9.97. The molecule has 3 N–H and O–H groups in total. The summed E-state index contributed by atoms with van der Waals surface area (Å²) < 4.78 is 6.82. The van der Waals surface area contributed by atoms with Gasteiger partial charge in [-0.25, -0.2) is 4.79 Å². The second-order valence-electron chi connectivity index (χ2n) is 9.10. The van der Waals surface area contributed by atoms with Gasteiger partial charge in [-0.1, -0.05) is 44.2 Å². The first-order chi connectivity index (χ1) is 16.4. The largest absolute Gasteiger partial charge is 0.497 e. The smallest absolute Gasteiger partial charge is 0.329 e. The third-order valence-electron chi connectivity index (χ3n) is 6.33. The fourth-order valence-electron chi connectivity index (χ4n) is 4.64. The summed E-state index contributed by atoms with van der Waals surface area (Å²) in [5, 5.41) is 0. The molecule has 1 aliphatic rings. The monoisotopic (exact) mass is 463 g/mol. The lowest BCUT2D eigenvalue weighted by Crippen LogP contribution is -2.49. The molecule has 180 valence electrons. The van der Waals surface area contributed by atoms with E-state index in [1.807, 2.05) is 56.3 Å². The van der Waals surface area contributed by atoms with Gasteiger partial charge in [0.05, 0.1) is 18.7 Å². The van der Waals surface area contributed by atoms with Gasteiger partial charge in [0.15, 0.2) is 0 Å². The highest BCUT2D eigenvalue weighted by atomic mass is 16.5. The van der Waals surface area contributed by atoms with E-state index in [4.69, 9.17) is 10.5 Å². The number of aromatic nitrogens is 2. The molecule has 1 fully saturated rings. The van der Waals surface area contributed by atoms with Gasteiger partial charge in [-0.2, -0.15) is 0 Å². The Labute approximate surface area is 199 Å². The highest BCUT2D eigenvalue weighted by molar-refractivity contribution is 5.48. The summed E-state index contributed by atoms with van der Waals surface area (Å²) in [4.78, 5) is 32.8. The van der Waals surface area contributed by atoms with Crippen molar-refractivity contribution in [1.82, 2.24) is 14.5 Å². The number of rotatable bonds is 7. The molecule has 3 aromatic rings. The molecule has 8 nitrogen and oxygen atoms in total. The molecule has 0 aliphatic carbocycles. The second kappa shape index (κ2) is 10.2. The van der Waals surface area contributed by atoms with E-state index in [2.05, 4.69) is 26.9 Å². The van der Waals surface area contributed by atoms with Gasteiger partial charge in [0.2, 0.25) is 0 Å². The predicted octanol–water partition coefficient (Wildman–Crippen LogP) is 2.70. The quantitative estimate of drug-likeness (QED) is 0.559. The fraction of sp³-hybridized carbons (Fsp3) is 0.385. The number of para-hydroxylation sites is 1. The number of benzene rings is 2. The molecular weight excluding hydrogens is 430 g/mol. The van der Waals surface area contributed by atoms with Gasteiger partial charge < -0.3 is 15.4 Å². The summed E-state index contributed by atoms with van der Waals surface area (Å²) in [6, 6.07) is 17.6. The van der Waals surface area contributed by atoms with E-state index in [1.165, 1.54) is 10.3 Å². The number of nitrogens with one attached hydrogen (secondary N) is 1. The molecule has 1 aromatic heterocycles. The molecule has 2 aromatic carbocycles. The van der Waals surface area contributed by atoms with E-state index in [0.29, 0.717) is 12.1 Å². The third kappa shape index (κ3) is 4.87. The molecule has 0 radical (unpaired) electrons. The Morgan fingerprint density at radius 2 is 1.62 bits per heavy atom. The molecule has 8 heteroatoms. The number of aromatic amines is 1. The molecule has 1 saturated heterocycles. The maximum absolute atomic E-state index is 13.2. The molecule has 4 rings (SSSR count). The third-order valence-corrected chi connectivity index (χ3v) is 6.33. The molecule has 1 atom stereocenters. The number of nitrogens with two attached hydrogens (primary N) is 1. The zero-order valence-electron chi connectivity index (χ0n) is 20.0. The number of nitrogens with zero attached hydrogens (tertiary/aromatic N) is 3. The van der Waals surface area contributed by atoms with Crippen molar-refractivity contribution in [2.75, 3.05) is 43.9 Å². The highest BCUT2D eigenvalue weighted by Crippen LogP contribution is 2.32. The van der Waals surface area contributed by atoms with Gasteiger partial charge in [-0.15, -0.1) is 0 Å². The summed E-state index contributed by atoms with van der Waals surface area (Å²) in [6.07, 6.45) is 0. The summed E-state index contributed by atoms with van der Waals surface area (Å²) in [6.45, 7) is 7.59. The Balaban J connectivity index is 1.74. The number of H-pyrrole nitrogens is 1. The Kier molecular flexibility index (Phi) is 7.07. The summed E-state index contributed by atoms with van der Waals surface area (Å²) in [7, 11) is 1.62. The minimum atomic E-state index is -0.470. The molecule has 0 bridgehead atoms. The first-order valence-corrected chi connectivity index (χ1v) is 11.7. The van der Waals surface area contributed by atoms with Crippen LogP contribution in [0.3, 0.4) is 0 Å². The SMILES string of the molecule is COc1ccc(C(c2c(N)n(CC(C)C)c(=O)[nH]c2=O)N2CCN(c3ccccc3)CC2)cc1. The van der Waals surface area contributed by atoms with E-state index in [-0.39, 0.29) is 17.8 Å². The number of anilines is 2. The Bertz CT molecular complexity index is 1210. The Morgan fingerprint density at radius 3 is 2.21 bits per heavy atom. The van der Waals surface area contributed by atoms with Crippen molar-refractivity contribution in [3.63, 3.8) is 0 Å². The van der Waals surface area contributed by atoms with Crippen LogP contribution in [0, 0.1) is 5.92 Å². The van der Waals surface area contributed by atoms with Crippen molar-refractivity contribution in [3.8, 4) is 5.75 Å². The van der Waals surface area contributed by atoms with Gasteiger partial charge in [-0.3, -0.25) is 19.2 Å². The lowest BCUT2D eigenvalue weighted by molar-refractivity contribution is 0.211. The minimum Gasteiger partial charge on any atom is -0.497 e. The first-order valence-electron chi connectivity index (χ1n) is 11.7. The van der Waals surface area contributed by atoms with Crippen molar-refractivity contribution in [2.45, 2.75) is 26.4 Å². The maximum atomic E-state index is 13.2. The van der Waals surface area contributed by atoms with E-state index < -0.39 is 11.2 Å². The maximum Gasteiger partial charge on any atom is 0.329 e. The van der Waals surface area contributed by atoms with Crippen molar-refractivity contribution in [1.29, 1.82) is 0 Å². The van der Waals surface area contributed by atoms with Gasteiger partial charge >= 0.3 is 5.69 Å². The number of methoxy groups -OCH3 is 1. The van der Waals surface area contributed by atoms with Crippen molar-refractivity contribution >= 4 is 11.5 Å². The topological polar surface area (TPSA) is 96.6 Å². The van der Waals surface area contributed by atoms with Gasteiger partial charge in [0, 0.05) is 38.4 Å². The predicted molar refractivity (Wildman–Crippen MR) is 136 cm³/mol. The number of ether oxygens (including phenoxy) is 1. The molecule has 0 spiro atoms. The van der Waals surface area contributed by atoms with Gasteiger partial charge in [0.25, 0.3) is 5.56 Å². The van der Waals surface area contributed by atoms with Gasteiger partial charge in [0.1, 0.15) is 11.6 Å². The number of nitrogen functional groups attached to an aromatic ring is 1. The summed E-state index contributed by atoms with van der Waals surface area (Å²) in [5.41, 5.74) is 8.16. The zero-order chi connectivity index (χ0) is 24.2. The van der Waals surface area contributed by atoms with Crippen LogP contribution in [0.1, 0.15) is 31.0 Å². The van der Waals surface area contributed by atoms with Crippen molar-refractivity contribution < 1.29 is 4.74 Å². The first kappa shape index (κ1) is 23.6.